The Morgan fingerprint density at radius 3 is 2.90 bits per heavy atom. The number of fused-ring (bicyclic) bond motifs is 3. The minimum atomic E-state index is 0.698. The Balaban J connectivity index is 1.73. The van der Waals surface area contributed by atoms with Crippen molar-refractivity contribution in [2.75, 3.05) is 6.54 Å². The molecule has 20 heavy (non-hydrogen) atoms. The highest BCUT2D eigenvalue weighted by Crippen LogP contribution is 2.51. The molecule has 1 aromatic rings. The quantitative estimate of drug-likeness (QED) is 0.917. The molecule has 2 fully saturated rings. The van der Waals surface area contributed by atoms with Crippen molar-refractivity contribution in [2.45, 2.75) is 65.0 Å². The van der Waals surface area contributed by atoms with Crippen LogP contribution < -0.4 is 5.32 Å². The van der Waals surface area contributed by atoms with Gasteiger partial charge in [0, 0.05) is 37.7 Å². The van der Waals surface area contributed by atoms with Gasteiger partial charge in [-0.05, 0) is 37.0 Å². The van der Waals surface area contributed by atoms with Crippen molar-refractivity contribution in [3.63, 3.8) is 0 Å². The van der Waals surface area contributed by atoms with Crippen molar-refractivity contribution >= 4 is 0 Å². The van der Waals surface area contributed by atoms with Crippen LogP contribution in [0.5, 0.6) is 0 Å². The first-order valence-electron chi connectivity index (χ1n) is 8.52. The number of rotatable bonds is 3. The first kappa shape index (κ1) is 12.9. The summed E-state index contributed by atoms with van der Waals surface area (Å²) >= 11 is 0. The fourth-order valence-electron chi connectivity index (χ4n) is 4.82. The number of hydrogen-bond donors (Lipinski definition) is 1. The highest BCUT2D eigenvalue weighted by Gasteiger charge is 2.42. The SMILES string of the molecule is CC(C)Cc1nc2c(n1C1CC3CCC1C3)CCNC2. The molecule has 4 rings (SSSR count). The first-order chi connectivity index (χ1) is 9.72. The molecule has 0 saturated heterocycles. The van der Waals surface area contributed by atoms with Crippen LogP contribution in [0.1, 0.15) is 62.8 Å². The Bertz CT molecular complexity index is 503. The average Bonchev–Trinajstić information content (AvgIpc) is 3.09. The molecule has 110 valence electrons. The number of aromatic nitrogens is 2. The maximum atomic E-state index is 5.02. The number of nitrogens with zero attached hydrogens (tertiary/aromatic N) is 2. The van der Waals surface area contributed by atoms with Crippen LogP contribution in [0.25, 0.3) is 0 Å². The first-order valence-corrected chi connectivity index (χ1v) is 8.52. The molecule has 3 atom stereocenters. The van der Waals surface area contributed by atoms with E-state index in [4.69, 9.17) is 4.98 Å². The Kier molecular flexibility index (Phi) is 3.13. The Labute approximate surface area is 122 Å². The van der Waals surface area contributed by atoms with Crippen LogP contribution in [0.4, 0.5) is 0 Å². The lowest BCUT2D eigenvalue weighted by Gasteiger charge is -2.28. The van der Waals surface area contributed by atoms with Gasteiger partial charge in [0.2, 0.25) is 0 Å². The summed E-state index contributed by atoms with van der Waals surface area (Å²) in [7, 11) is 0. The highest BCUT2D eigenvalue weighted by molar-refractivity contribution is 5.22. The minimum absolute atomic E-state index is 0.698. The topological polar surface area (TPSA) is 29.9 Å². The van der Waals surface area contributed by atoms with Gasteiger partial charge in [0.15, 0.2) is 0 Å². The van der Waals surface area contributed by atoms with Gasteiger partial charge in [0.1, 0.15) is 5.82 Å². The monoisotopic (exact) mass is 273 g/mol. The van der Waals surface area contributed by atoms with Gasteiger partial charge in [-0.25, -0.2) is 4.98 Å². The lowest BCUT2D eigenvalue weighted by molar-refractivity contribution is 0.312. The van der Waals surface area contributed by atoms with Crippen LogP contribution in [0, 0.1) is 17.8 Å². The summed E-state index contributed by atoms with van der Waals surface area (Å²) in [6.45, 7) is 6.74. The largest absolute Gasteiger partial charge is 0.328 e. The van der Waals surface area contributed by atoms with Crippen molar-refractivity contribution in [1.82, 2.24) is 14.9 Å². The summed E-state index contributed by atoms with van der Waals surface area (Å²) < 4.78 is 2.71. The molecular weight excluding hydrogens is 246 g/mol. The lowest BCUT2D eigenvalue weighted by Crippen LogP contribution is -2.27. The van der Waals surface area contributed by atoms with E-state index in [1.54, 1.807) is 5.69 Å². The third-order valence-electron chi connectivity index (χ3n) is 5.62. The van der Waals surface area contributed by atoms with Gasteiger partial charge in [0.25, 0.3) is 0 Å². The summed E-state index contributed by atoms with van der Waals surface area (Å²) in [5.74, 6) is 4.03. The van der Waals surface area contributed by atoms with Crippen LogP contribution in [-0.4, -0.2) is 16.1 Å². The Hall–Kier alpha value is -0.830. The fourth-order valence-corrected chi connectivity index (χ4v) is 4.82. The Morgan fingerprint density at radius 1 is 1.30 bits per heavy atom. The fraction of sp³-hybridized carbons (Fsp3) is 0.824. The van der Waals surface area contributed by atoms with E-state index in [2.05, 4.69) is 23.7 Å². The van der Waals surface area contributed by atoms with Gasteiger partial charge in [-0.2, -0.15) is 0 Å². The molecule has 2 saturated carbocycles. The van der Waals surface area contributed by atoms with Crippen molar-refractivity contribution in [2.24, 2.45) is 17.8 Å². The predicted molar refractivity (Wildman–Crippen MR) is 80.7 cm³/mol. The molecule has 0 radical (unpaired) electrons. The predicted octanol–water partition coefficient (Wildman–Crippen LogP) is 3.09. The summed E-state index contributed by atoms with van der Waals surface area (Å²) in [4.78, 5) is 5.02. The molecule has 3 heteroatoms. The van der Waals surface area contributed by atoms with E-state index in [9.17, 15) is 0 Å². The van der Waals surface area contributed by atoms with Gasteiger partial charge in [-0.1, -0.05) is 20.3 Å². The maximum Gasteiger partial charge on any atom is 0.109 e. The zero-order valence-corrected chi connectivity index (χ0v) is 12.9. The van der Waals surface area contributed by atoms with Gasteiger partial charge < -0.3 is 9.88 Å². The smallest absolute Gasteiger partial charge is 0.109 e. The Morgan fingerprint density at radius 2 is 2.20 bits per heavy atom. The zero-order chi connectivity index (χ0) is 13.7. The summed E-state index contributed by atoms with van der Waals surface area (Å²) in [6.07, 6.45) is 8.17. The zero-order valence-electron chi connectivity index (χ0n) is 12.9. The standard InChI is InChI=1S/C17H27N3/c1-11(2)7-17-19-14-10-18-6-5-15(14)20(17)16-9-12-3-4-13(16)8-12/h11-13,16,18H,3-10H2,1-2H3. The number of hydrogen-bond acceptors (Lipinski definition) is 2. The molecule has 2 heterocycles. The van der Waals surface area contributed by atoms with Crippen LogP contribution in [0.15, 0.2) is 0 Å². The van der Waals surface area contributed by atoms with Crippen LogP contribution >= 0.6 is 0 Å². The van der Waals surface area contributed by atoms with E-state index in [0.29, 0.717) is 5.92 Å². The van der Waals surface area contributed by atoms with E-state index >= 15 is 0 Å². The molecule has 1 aliphatic heterocycles. The highest BCUT2D eigenvalue weighted by atomic mass is 15.2. The summed E-state index contributed by atoms with van der Waals surface area (Å²) in [6, 6.07) is 0.775. The molecule has 1 N–H and O–H groups in total. The second kappa shape index (κ2) is 4.87. The summed E-state index contributed by atoms with van der Waals surface area (Å²) in [5, 5.41) is 3.48. The van der Waals surface area contributed by atoms with Gasteiger partial charge in [-0.3, -0.25) is 0 Å². The van der Waals surface area contributed by atoms with E-state index in [1.165, 1.54) is 43.6 Å². The van der Waals surface area contributed by atoms with E-state index in [0.717, 1.165) is 37.4 Å². The molecule has 2 aliphatic carbocycles. The van der Waals surface area contributed by atoms with E-state index in [-0.39, 0.29) is 0 Å². The second-order valence-corrected chi connectivity index (χ2v) is 7.56. The molecule has 1 aromatic heterocycles. The van der Waals surface area contributed by atoms with Crippen molar-refractivity contribution in [1.29, 1.82) is 0 Å². The molecule has 3 nitrogen and oxygen atoms in total. The summed E-state index contributed by atoms with van der Waals surface area (Å²) in [5.41, 5.74) is 2.91. The van der Waals surface area contributed by atoms with Gasteiger partial charge >= 0.3 is 0 Å². The maximum absolute atomic E-state index is 5.02. The molecule has 3 unspecified atom stereocenters. The van der Waals surface area contributed by atoms with Gasteiger partial charge in [0.05, 0.1) is 5.69 Å². The molecule has 2 bridgehead atoms. The van der Waals surface area contributed by atoms with Crippen LogP contribution in [0.2, 0.25) is 0 Å². The van der Waals surface area contributed by atoms with Crippen molar-refractivity contribution in [3.05, 3.63) is 17.2 Å². The second-order valence-electron chi connectivity index (χ2n) is 7.56. The van der Waals surface area contributed by atoms with E-state index in [1.807, 2.05) is 0 Å². The molecule has 0 spiro atoms. The third kappa shape index (κ3) is 2.02. The van der Waals surface area contributed by atoms with Crippen molar-refractivity contribution in [3.8, 4) is 0 Å². The minimum Gasteiger partial charge on any atom is -0.328 e. The lowest BCUT2D eigenvalue weighted by atomic mass is 9.94. The molecule has 0 aromatic carbocycles. The van der Waals surface area contributed by atoms with Crippen LogP contribution in [-0.2, 0) is 19.4 Å². The molecule has 3 aliphatic rings. The van der Waals surface area contributed by atoms with Gasteiger partial charge in [-0.15, -0.1) is 0 Å². The number of nitrogens with one attached hydrogen (secondary N) is 1. The average molecular weight is 273 g/mol. The normalized spacial score (nSPS) is 32.0. The molecular formula is C17H27N3. The number of imidazole rings is 1. The van der Waals surface area contributed by atoms with E-state index < -0.39 is 0 Å². The van der Waals surface area contributed by atoms with Crippen molar-refractivity contribution < 1.29 is 0 Å². The molecule has 0 amide bonds. The third-order valence-corrected chi connectivity index (χ3v) is 5.62. The van der Waals surface area contributed by atoms with Crippen LogP contribution in [0.3, 0.4) is 0 Å².